The molecule has 10 heteroatoms. The summed E-state index contributed by atoms with van der Waals surface area (Å²) in [7, 11) is -0.0504. The van der Waals surface area contributed by atoms with E-state index < -0.39 is 16.0 Å². The predicted octanol–water partition coefficient (Wildman–Crippen LogP) is 3.67. The monoisotopic (exact) mass is 431 g/mol. The zero-order valence-electron chi connectivity index (χ0n) is 15.0. The number of thioether (sulfide) groups is 1. The quantitative estimate of drug-likeness (QED) is 0.528. The second kappa shape index (κ2) is 8.73. The van der Waals surface area contributed by atoms with Gasteiger partial charge in [-0.1, -0.05) is 11.6 Å². The van der Waals surface area contributed by atoms with E-state index >= 15 is 0 Å². The molecule has 0 atom stereocenters. The number of carbonyl (C=O) groups excluding carboxylic acids is 1. The largest absolute Gasteiger partial charge is 0.493 e. The number of methoxy groups -OCH3 is 3. The highest BCUT2D eigenvalue weighted by Crippen LogP contribution is 2.36. The van der Waals surface area contributed by atoms with Crippen LogP contribution < -0.4 is 14.2 Å². The van der Waals surface area contributed by atoms with Crippen LogP contribution in [0.15, 0.2) is 40.1 Å². The van der Waals surface area contributed by atoms with Crippen molar-refractivity contribution in [1.29, 1.82) is 0 Å². The third-order valence-electron chi connectivity index (χ3n) is 3.59. The minimum atomic E-state index is -4.05. The summed E-state index contributed by atoms with van der Waals surface area (Å²) < 4.78 is 43.4. The van der Waals surface area contributed by atoms with Crippen LogP contribution in [0.2, 0.25) is 5.02 Å². The fourth-order valence-electron chi connectivity index (χ4n) is 2.30. The molecular weight excluding hydrogens is 414 g/mol. The maximum absolute atomic E-state index is 12.9. The number of rotatable bonds is 7. The Hall–Kier alpha value is -2.10. The summed E-state index contributed by atoms with van der Waals surface area (Å²) in [5.41, 5.74) is -0.0296. The second-order valence-corrected chi connectivity index (χ2v) is 8.08. The van der Waals surface area contributed by atoms with Crippen molar-refractivity contribution in [1.82, 2.24) is 0 Å². The number of nitrogens with one attached hydrogen (secondary N) is 1. The number of sulfonamides is 1. The van der Waals surface area contributed by atoms with E-state index in [0.717, 1.165) is 0 Å². The Morgan fingerprint density at radius 3 is 2.26 bits per heavy atom. The first-order chi connectivity index (χ1) is 12.8. The molecular formula is C17H18ClNO6S2. The molecule has 0 aliphatic rings. The highest BCUT2D eigenvalue weighted by molar-refractivity contribution is 7.99. The summed E-state index contributed by atoms with van der Waals surface area (Å²) >= 11 is 7.22. The lowest BCUT2D eigenvalue weighted by atomic mass is 10.1. The molecule has 1 N–H and O–H groups in total. The van der Waals surface area contributed by atoms with Crippen molar-refractivity contribution in [2.24, 2.45) is 0 Å². The average molecular weight is 432 g/mol. The minimum Gasteiger partial charge on any atom is -0.493 e. The second-order valence-electron chi connectivity index (χ2n) is 5.15. The van der Waals surface area contributed by atoms with E-state index in [0.29, 0.717) is 4.90 Å². The van der Waals surface area contributed by atoms with Gasteiger partial charge < -0.3 is 14.2 Å². The third kappa shape index (κ3) is 4.60. The van der Waals surface area contributed by atoms with Gasteiger partial charge in [0.1, 0.15) is 4.90 Å². The topological polar surface area (TPSA) is 90.9 Å². The first-order valence-corrected chi connectivity index (χ1v) is 10.6. The van der Waals surface area contributed by atoms with Crippen LogP contribution in [0.3, 0.4) is 0 Å². The van der Waals surface area contributed by atoms with Crippen molar-refractivity contribution in [2.45, 2.75) is 9.79 Å². The van der Waals surface area contributed by atoms with Crippen LogP contribution in [0, 0.1) is 0 Å². The molecule has 146 valence electrons. The van der Waals surface area contributed by atoms with Gasteiger partial charge in [-0.25, -0.2) is 13.2 Å². The van der Waals surface area contributed by atoms with Gasteiger partial charge in [0.05, 0.1) is 32.6 Å². The average Bonchev–Trinajstić information content (AvgIpc) is 2.66. The van der Waals surface area contributed by atoms with Gasteiger partial charge in [0.15, 0.2) is 11.5 Å². The lowest BCUT2D eigenvalue weighted by Crippen LogP contribution is -2.17. The van der Waals surface area contributed by atoms with Crippen LogP contribution in [0.5, 0.6) is 11.5 Å². The van der Waals surface area contributed by atoms with E-state index in [2.05, 4.69) is 4.72 Å². The van der Waals surface area contributed by atoms with Gasteiger partial charge in [0.25, 0.3) is 10.0 Å². The first-order valence-electron chi connectivity index (χ1n) is 7.48. The molecule has 0 amide bonds. The fourth-order valence-corrected chi connectivity index (χ4v) is 4.77. The maximum atomic E-state index is 12.9. The summed E-state index contributed by atoms with van der Waals surface area (Å²) in [4.78, 5) is 12.6. The zero-order chi connectivity index (χ0) is 20.2. The number of carbonyl (C=O) groups is 1. The fraction of sp³-hybridized carbons (Fsp3) is 0.235. The van der Waals surface area contributed by atoms with Crippen molar-refractivity contribution < 1.29 is 27.4 Å². The van der Waals surface area contributed by atoms with Crippen molar-refractivity contribution >= 4 is 45.0 Å². The molecule has 0 heterocycles. The van der Waals surface area contributed by atoms with E-state index in [1.54, 1.807) is 18.4 Å². The van der Waals surface area contributed by atoms with Crippen LogP contribution in [0.25, 0.3) is 0 Å². The smallest absolute Gasteiger partial charge is 0.340 e. The number of anilines is 1. The van der Waals surface area contributed by atoms with Crippen LogP contribution in [-0.4, -0.2) is 42.0 Å². The van der Waals surface area contributed by atoms with Gasteiger partial charge in [-0.15, -0.1) is 11.8 Å². The molecule has 0 saturated carbocycles. The molecule has 0 unspecified atom stereocenters. The summed E-state index contributed by atoms with van der Waals surface area (Å²) in [5, 5.41) is 0.272. The standard InChI is InChI=1S/C17H18ClNO6S2/c1-23-13-8-11(17(20)25-3)12(9-14(13)24-2)19-27(21,22)16-7-10(18)5-6-15(16)26-4/h5-9,19H,1-4H3. The van der Waals surface area contributed by atoms with E-state index in [1.165, 1.54) is 51.3 Å². The van der Waals surface area contributed by atoms with Gasteiger partial charge in [-0.2, -0.15) is 0 Å². The van der Waals surface area contributed by atoms with E-state index in [9.17, 15) is 13.2 Å². The lowest BCUT2D eigenvalue weighted by Gasteiger charge is -2.16. The van der Waals surface area contributed by atoms with Gasteiger partial charge in [0.2, 0.25) is 0 Å². The van der Waals surface area contributed by atoms with E-state index in [1.807, 2.05) is 0 Å². The summed E-state index contributed by atoms with van der Waals surface area (Å²) in [6, 6.07) is 7.25. The SMILES string of the molecule is COC(=O)c1cc(OC)c(OC)cc1NS(=O)(=O)c1cc(Cl)ccc1SC. The summed E-state index contributed by atoms with van der Waals surface area (Å²) in [6.07, 6.45) is 1.75. The van der Waals surface area contributed by atoms with Gasteiger partial charge in [0, 0.05) is 22.1 Å². The molecule has 2 rings (SSSR count). The van der Waals surface area contributed by atoms with Crippen LogP contribution in [0.4, 0.5) is 5.69 Å². The predicted molar refractivity (Wildman–Crippen MR) is 105 cm³/mol. The van der Waals surface area contributed by atoms with Gasteiger partial charge in [-0.3, -0.25) is 4.72 Å². The Labute approximate surface area is 167 Å². The molecule has 0 aromatic heterocycles. The van der Waals surface area contributed by atoms with Crippen molar-refractivity contribution in [3.8, 4) is 11.5 Å². The number of esters is 1. The highest BCUT2D eigenvalue weighted by Gasteiger charge is 2.24. The Morgan fingerprint density at radius 1 is 1.07 bits per heavy atom. The molecule has 0 bridgehead atoms. The molecule has 0 saturated heterocycles. The minimum absolute atomic E-state index is 0.00639. The van der Waals surface area contributed by atoms with E-state index in [4.69, 9.17) is 25.8 Å². The molecule has 0 fully saturated rings. The molecule has 0 aliphatic carbocycles. The van der Waals surface area contributed by atoms with Crippen LogP contribution in [-0.2, 0) is 14.8 Å². The summed E-state index contributed by atoms with van der Waals surface area (Å²) in [6.45, 7) is 0. The lowest BCUT2D eigenvalue weighted by molar-refractivity contribution is 0.0601. The molecule has 0 aliphatic heterocycles. The number of halogens is 1. The van der Waals surface area contributed by atoms with Gasteiger partial charge in [-0.05, 0) is 24.5 Å². The highest BCUT2D eigenvalue weighted by atomic mass is 35.5. The number of hydrogen-bond acceptors (Lipinski definition) is 7. The maximum Gasteiger partial charge on any atom is 0.340 e. The Bertz CT molecular complexity index is 962. The van der Waals surface area contributed by atoms with Crippen molar-refractivity contribution in [3.05, 3.63) is 40.9 Å². The Kier molecular flexibility index (Phi) is 6.85. The molecule has 27 heavy (non-hydrogen) atoms. The van der Waals surface area contributed by atoms with Crippen LogP contribution >= 0.6 is 23.4 Å². The first kappa shape index (κ1) is 21.2. The molecule has 2 aromatic carbocycles. The molecule has 7 nitrogen and oxygen atoms in total. The summed E-state index contributed by atoms with van der Waals surface area (Å²) in [5.74, 6) is -0.225. The van der Waals surface area contributed by atoms with Crippen LogP contribution in [0.1, 0.15) is 10.4 Å². The Morgan fingerprint density at radius 2 is 1.70 bits per heavy atom. The van der Waals surface area contributed by atoms with Gasteiger partial charge >= 0.3 is 5.97 Å². The Balaban J connectivity index is 2.61. The molecule has 0 radical (unpaired) electrons. The van der Waals surface area contributed by atoms with Crippen molar-refractivity contribution in [3.63, 3.8) is 0 Å². The zero-order valence-corrected chi connectivity index (χ0v) is 17.4. The molecule has 0 spiro atoms. The van der Waals surface area contributed by atoms with Crippen molar-refractivity contribution in [2.75, 3.05) is 32.3 Å². The molecule has 2 aromatic rings. The normalized spacial score (nSPS) is 11.0. The number of benzene rings is 2. The number of ether oxygens (including phenoxy) is 3. The van der Waals surface area contributed by atoms with E-state index in [-0.39, 0.29) is 32.7 Å². The third-order valence-corrected chi connectivity index (χ3v) is 6.15. The number of hydrogen-bond donors (Lipinski definition) is 1.